The van der Waals surface area contributed by atoms with E-state index in [1.165, 1.54) is 18.9 Å². The van der Waals surface area contributed by atoms with Crippen molar-refractivity contribution in [2.45, 2.75) is 19.9 Å². The first-order chi connectivity index (χ1) is 14.9. The maximum Gasteiger partial charge on any atom is 0.337 e. The lowest BCUT2D eigenvalue weighted by atomic mass is 10.1. The average Bonchev–Trinajstić information content (AvgIpc) is 3.27. The summed E-state index contributed by atoms with van der Waals surface area (Å²) in [6.45, 7) is 4.28. The monoisotopic (exact) mass is 433 g/mol. The first-order valence-electron chi connectivity index (χ1n) is 9.93. The van der Waals surface area contributed by atoms with Gasteiger partial charge in [-0.15, -0.1) is 0 Å². The highest BCUT2D eigenvalue weighted by Gasteiger charge is 2.30. The van der Waals surface area contributed by atoms with Crippen LogP contribution in [0.25, 0.3) is 17.0 Å². The Labute approximate surface area is 185 Å². The molecule has 1 aromatic heterocycles. The predicted molar refractivity (Wildman–Crippen MR) is 126 cm³/mol. The Balaban J connectivity index is 1.66. The Morgan fingerprint density at radius 2 is 1.84 bits per heavy atom. The van der Waals surface area contributed by atoms with Gasteiger partial charge in [0.05, 0.1) is 23.3 Å². The molecular weight excluding hydrogens is 410 g/mol. The van der Waals surface area contributed by atoms with Crippen LogP contribution in [-0.4, -0.2) is 40.7 Å². The number of nitrogens with zero attached hydrogens (tertiary/aromatic N) is 3. The highest BCUT2D eigenvalue weighted by molar-refractivity contribution is 8.18. The average molecular weight is 434 g/mol. The largest absolute Gasteiger partial charge is 0.465 e. The van der Waals surface area contributed by atoms with E-state index in [2.05, 4.69) is 41.7 Å². The number of thioether (sulfide) groups is 1. The summed E-state index contributed by atoms with van der Waals surface area (Å²) < 4.78 is 6.93. The van der Waals surface area contributed by atoms with E-state index in [1.807, 2.05) is 18.2 Å². The van der Waals surface area contributed by atoms with Crippen LogP contribution >= 0.6 is 11.8 Å². The summed E-state index contributed by atoms with van der Waals surface area (Å²) in [5.74, 6) is -0.483. The molecule has 0 unspecified atom stereocenters. The molecule has 1 aliphatic heterocycles. The van der Waals surface area contributed by atoms with Gasteiger partial charge in [-0.1, -0.05) is 18.2 Å². The maximum absolute atomic E-state index is 12.9. The molecule has 0 saturated carbocycles. The quantitative estimate of drug-likeness (QED) is 0.417. The molecule has 0 radical (unpaired) electrons. The van der Waals surface area contributed by atoms with E-state index < -0.39 is 5.97 Å². The number of amides is 1. The summed E-state index contributed by atoms with van der Waals surface area (Å²) in [5, 5.41) is 1.71. The van der Waals surface area contributed by atoms with Gasteiger partial charge in [0.2, 0.25) is 0 Å². The van der Waals surface area contributed by atoms with Gasteiger partial charge in [-0.05, 0) is 62.0 Å². The van der Waals surface area contributed by atoms with Crippen LogP contribution < -0.4 is 0 Å². The Morgan fingerprint density at radius 3 is 2.52 bits per heavy atom. The Hall–Kier alpha value is -3.32. The highest BCUT2D eigenvalue weighted by Crippen LogP contribution is 2.35. The zero-order valence-corrected chi connectivity index (χ0v) is 18.6. The van der Waals surface area contributed by atoms with Crippen LogP contribution in [0.1, 0.15) is 35.8 Å². The lowest BCUT2D eigenvalue weighted by Gasteiger charge is -2.08. The number of methoxy groups -OCH3 is 1. The van der Waals surface area contributed by atoms with Crippen molar-refractivity contribution in [2.75, 3.05) is 14.2 Å². The smallest absolute Gasteiger partial charge is 0.337 e. The number of rotatable bonds is 4. The number of fused-ring (bicyclic) bond motifs is 1. The molecule has 1 fully saturated rings. The minimum absolute atomic E-state index is 0.0868. The van der Waals surface area contributed by atoms with Gasteiger partial charge in [0.1, 0.15) is 0 Å². The second-order valence-corrected chi connectivity index (χ2v) is 8.52. The van der Waals surface area contributed by atoms with Crippen LogP contribution in [0.5, 0.6) is 0 Å². The molecule has 6 nitrogen and oxygen atoms in total. The van der Waals surface area contributed by atoms with Gasteiger partial charge >= 0.3 is 5.97 Å². The van der Waals surface area contributed by atoms with E-state index in [0.29, 0.717) is 27.4 Å². The number of hydrogen-bond donors (Lipinski definition) is 0. The molecule has 2 heterocycles. The van der Waals surface area contributed by atoms with Crippen LogP contribution in [0.15, 0.2) is 64.6 Å². The van der Waals surface area contributed by atoms with Gasteiger partial charge in [-0.3, -0.25) is 9.69 Å². The van der Waals surface area contributed by atoms with Crippen molar-refractivity contribution in [1.82, 2.24) is 9.47 Å². The van der Waals surface area contributed by atoms with Crippen molar-refractivity contribution < 1.29 is 14.3 Å². The number of aromatic nitrogens is 1. The molecule has 0 bridgehead atoms. The summed E-state index contributed by atoms with van der Waals surface area (Å²) in [6, 6.07) is 15.3. The number of carbonyl (C=O) groups is 2. The minimum atomic E-state index is -0.396. The van der Waals surface area contributed by atoms with Crippen LogP contribution in [-0.2, 0) is 9.53 Å². The first kappa shape index (κ1) is 20.9. The van der Waals surface area contributed by atoms with Gasteiger partial charge < -0.3 is 9.30 Å². The lowest BCUT2D eigenvalue weighted by molar-refractivity contribution is -0.121. The van der Waals surface area contributed by atoms with E-state index in [9.17, 15) is 9.59 Å². The molecule has 0 aliphatic carbocycles. The van der Waals surface area contributed by atoms with Gasteiger partial charge in [0.15, 0.2) is 5.17 Å². The Morgan fingerprint density at radius 1 is 1.13 bits per heavy atom. The highest BCUT2D eigenvalue weighted by atomic mass is 32.2. The number of aliphatic imine (C=N–C) groups is 1. The number of hydrogen-bond acceptors (Lipinski definition) is 5. The van der Waals surface area contributed by atoms with E-state index >= 15 is 0 Å². The van der Waals surface area contributed by atoms with Crippen LogP contribution in [0.4, 0.5) is 5.69 Å². The second kappa shape index (κ2) is 8.43. The number of amidine groups is 1. The third-order valence-corrected chi connectivity index (χ3v) is 6.19. The zero-order chi connectivity index (χ0) is 22.1. The summed E-state index contributed by atoms with van der Waals surface area (Å²) >= 11 is 1.34. The van der Waals surface area contributed by atoms with E-state index in [4.69, 9.17) is 4.74 Å². The minimum Gasteiger partial charge on any atom is -0.465 e. The second-order valence-electron chi connectivity index (χ2n) is 7.51. The number of esters is 1. The molecule has 1 amide bonds. The molecule has 158 valence electrons. The normalized spacial score (nSPS) is 16.8. The number of carbonyl (C=O) groups excluding carboxylic acids is 2. The van der Waals surface area contributed by atoms with E-state index in [0.717, 1.165) is 16.5 Å². The molecule has 1 saturated heterocycles. The van der Waals surface area contributed by atoms with Crippen molar-refractivity contribution >= 4 is 51.5 Å². The van der Waals surface area contributed by atoms with Crippen molar-refractivity contribution in [1.29, 1.82) is 0 Å². The fourth-order valence-corrected chi connectivity index (χ4v) is 4.45. The number of likely N-dealkylation sites (N-methyl/N-ethyl adjacent to an activating group) is 1. The molecular formula is C24H23N3O3S. The Kier molecular flexibility index (Phi) is 5.69. The topological polar surface area (TPSA) is 63.9 Å². The van der Waals surface area contributed by atoms with Gasteiger partial charge in [0.25, 0.3) is 5.91 Å². The van der Waals surface area contributed by atoms with Crippen molar-refractivity contribution in [3.8, 4) is 0 Å². The summed E-state index contributed by atoms with van der Waals surface area (Å²) in [5.41, 5.74) is 3.27. The zero-order valence-electron chi connectivity index (χ0n) is 17.8. The van der Waals surface area contributed by atoms with E-state index in [-0.39, 0.29) is 5.91 Å². The number of benzene rings is 2. The van der Waals surface area contributed by atoms with Crippen molar-refractivity contribution in [2.24, 2.45) is 4.99 Å². The molecule has 1 aliphatic rings. The van der Waals surface area contributed by atoms with E-state index in [1.54, 1.807) is 36.2 Å². The molecule has 3 aromatic rings. The first-order valence-corrected chi connectivity index (χ1v) is 10.7. The van der Waals surface area contributed by atoms with Gasteiger partial charge in [-0.25, -0.2) is 9.79 Å². The SMILES string of the molecule is COC(=O)c1ccc(N=C2S/C(=C/c3cn(C(C)C)c4ccccc34)C(=O)N2C)cc1. The molecule has 2 aromatic carbocycles. The number of ether oxygens (including phenoxy) is 1. The van der Waals surface area contributed by atoms with Crippen molar-refractivity contribution in [3.05, 3.63) is 70.8 Å². The Bertz CT molecular complexity index is 1220. The van der Waals surface area contributed by atoms with Crippen molar-refractivity contribution in [3.63, 3.8) is 0 Å². The lowest BCUT2D eigenvalue weighted by Crippen LogP contribution is -2.23. The molecule has 31 heavy (non-hydrogen) atoms. The molecule has 0 atom stereocenters. The molecule has 0 spiro atoms. The number of para-hydroxylation sites is 1. The summed E-state index contributed by atoms with van der Waals surface area (Å²) in [6.07, 6.45) is 4.03. The fraction of sp³-hybridized carbons (Fsp3) is 0.208. The standard InChI is InChI=1S/C24H23N3O3S/c1-15(2)27-14-17(19-7-5-6-8-20(19)27)13-21-22(28)26(3)24(31-21)25-18-11-9-16(10-12-18)23(29)30-4/h5-15H,1-4H3/b21-13+,25-24?. The van der Waals surface area contributed by atoms with Gasteiger partial charge in [0, 0.05) is 35.8 Å². The third kappa shape index (κ3) is 4.01. The van der Waals surface area contributed by atoms with Gasteiger partial charge in [-0.2, -0.15) is 0 Å². The maximum atomic E-state index is 12.9. The van der Waals surface area contributed by atoms with Crippen LogP contribution in [0.2, 0.25) is 0 Å². The molecule has 7 heteroatoms. The fourth-order valence-electron chi connectivity index (χ4n) is 3.47. The predicted octanol–water partition coefficient (Wildman–Crippen LogP) is 5.24. The van der Waals surface area contributed by atoms with Crippen LogP contribution in [0.3, 0.4) is 0 Å². The summed E-state index contributed by atoms with van der Waals surface area (Å²) in [7, 11) is 3.06. The molecule has 4 rings (SSSR count). The summed E-state index contributed by atoms with van der Waals surface area (Å²) in [4.78, 5) is 31.2. The molecule has 0 N–H and O–H groups in total. The van der Waals surface area contributed by atoms with Crippen LogP contribution in [0, 0.1) is 0 Å². The third-order valence-electron chi connectivity index (χ3n) is 5.13.